The molecule has 0 unspecified atom stereocenters. The summed E-state index contributed by atoms with van der Waals surface area (Å²) in [6.07, 6.45) is 0.397. The van der Waals surface area contributed by atoms with Crippen molar-refractivity contribution in [1.29, 1.82) is 0 Å². The molecule has 0 radical (unpaired) electrons. The van der Waals surface area contributed by atoms with Gasteiger partial charge in [0.1, 0.15) is 5.78 Å². The molecule has 0 heterocycles. The Kier molecular flexibility index (Phi) is 4.67. The number of carbonyl (C=O) groups is 2. The fourth-order valence-electron chi connectivity index (χ4n) is 1.08. The van der Waals surface area contributed by atoms with Gasteiger partial charge in [0.2, 0.25) is 0 Å². The van der Waals surface area contributed by atoms with Gasteiger partial charge in [-0.1, -0.05) is 13.0 Å². The minimum absolute atomic E-state index is 0.00935. The number of carbonyl (C=O) groups excluding carboxylic acids is 2. The van der Waals surface area contributed by atoms with Gasteiger partial charge in [0.15, 0.2) is 5.78 Å². The second-order valence-electron chi connectivity index (χ2n) is 3.12. The van der Waals surface area contributed by atoms with Crippen molar-refractivity contribution in [3.05, 3.63) is 32.7 Å². The highest BCUT2D eigenvalue weighted by molar-refractivity contribution is 9.13. The van der Waals surface area contributed by atoms with Crippen molar-refractivity contribution in [2.24, 2.45) is 0 Å². The fourth-order valence-corrected chi connectivity index (χ4v) is 1.70. The predicted molar refractivity (Wildman–Crippen MR) is 66.1 cm³/mol. The lowest BCUT2D eigenvalue weighted by atomic mass is 10.1. The highest BCUT2D eigenvalue weighted by Gasteiger charge is 2.11. The third-order valence-electron chi connectivity index (χ3n) is 1.99. The smallest absolute Gasteiger partial charge is 0.170 e. The van der Waals surface area contributed by atoms with Gasteiger partial charge in [-0.15, -0.1) is 0 Å². The maximum absolute atomic E-state index is 11.6. The Morgan fingerprint density at radius 1 is 1.20 bits per heavy atom. The van der Waals surface area contributed by atoms with Crippen molar-refractivity contribution in [3.8, 4) is 0 Å². The minimum Gasteiger partial charge on any atom is -0.299 e. The third-order valence-corrected chi connectivity index (χ3v) is 3.87. The highest BCUT2D eigenvalue weighted by Crippen LogP contribution is 2.24. The molecule has 0 aliphatic rings. The normalized spacial score (nSPS) is 10.1. The second-order valence-corrected chi connectivity index (χ2v) is 4.83. The molecule has 2 nitrogen and oxygen atoms in total. The Morgan fingerprint density at radius 2 is 1.87 bits per heavy atom. The Morgan fingerprint density at radius 3 is 2.40 bits per heavy atom. The number of hydrogen-bond donors (Lipinski definition) is 0. The van der Waals surface area contributed by atoms with E-state index in [1.54, 1.807) is 25.1 Å². The van der Waals surface area contributed by atoms with E-state index < -0.39 is 0 Å². The lowest BCUT2D eigenvalue weighted by Gasteiger charge is -2.01. The summed E-state index contributed by atoms with van der Waals surface area (Å²) in [5.41, 5.74) is 0.562. The molecule has 0 N–H and O–H groups in total. The molecule has 0 saturated heterocycles. The van der Waals surface area contributed by atoms with Gasteiger partial charge < -0.3 is 0 Å². The van der Waals surface area contributed by atoms with Crippen LogP contribution in [0, 0.1) is 0 Å². The molecule has 0 amide bonds. The van der Waals surface area contributed by atoms with E-state index in [0.717, 1.165) is 8.95 Å². The topological polar surface area (TPSA) is 34.1 Å². The molecule has 0 aromatic heterocycles. The molecular formula is C11H10Br2O2. The number of hydrogen-bond acceptors (Lipinski definition) is 2. The highest BCUT2D eigenvalue weighted by atomic mass is 79.9. The zero-order valence-electron chi connectivity index (χ0n) is 8.22. The van der Waals surface area contributed by atoms with Gasteiger partial charge in [0.05, 0.1) is 6.42 Å². The van der Waals surface area contributed by atoms with Crippen LogP contribution in [0.4, 0.5) is 0 Å². The van der Waals surface area contributed by atoms with E-state index in [1.165, 1.54) is 0 Å². The SMILES string of the molecule is CCC(=O)CC(=O)c1ccc(Br)c(Br)c1. The minimum atomic E-state index is -0.130. The maximum Gasteiger partial charge on any atom is 0.170 e. The van der Waals surface area contributed by atoms with Crippen LogP contribution >= 0.6 is 31.9 Å². The van der Waals surface area contributed by atoms with Gasteiger partial charge in [-0.05, 0) is 44.0 Å². The maximum atomic E-state index is 11.6. The van der Waals surface area contributed by atoms with E-state index in [0.29, 0.717) is 12.0 Å². The van der Waals surface area contributed by atoms with Crippen molar-refractivity contribution >= 4 is 43.4 Å². The number of benzene rings is 1. The average molecular weight is 334 g/mol. The van der Waals surface area contributed by atoms with E-state index in [9.17, 15) is 9.59 Å². The Bertz CT molecular complexity index is 400. The van der Waals surface area contributed by atoms with Crippen LogP contribution in [0.1, 0.15) is 30.1 Å². The third kappa shape index (κ3) is 3.54. The summed E-state index contributed by atoms with van der Waals surface area (Å²) in [5.74, 6) is -0.158. The Balaban J connectivity index is 2.83. The largest absolute Gasteiger partial charge is 0.299 e. The van der Waals surface area contributed by atoms with Gasteiger partial charge in [-0.2, -0.15) is 0 Å². The van der Waals surface area contributed by atoms with E-state index in [1.807, 2.05) is 0 Å². The molecule has 0 aliphatic carbocycles. The standard InChI is InChI=1S/C11H10Br2O2/c1-2-8(14)6-11(15)7-3-4-9(12)10(13)5-7/h3-5H,2,6H2,1H3. The van der Waals surface area contributed by atoms with Crippen molar-refractivity contribution in [1.82, 2.24) is 0 Å². The van der Waals surface area contributed by atoms with Crippen LogP contribution in [-0.2, 0) is 4.79 Å². The molecule has 0 atom stereocenters. The first-order valence-corrected chi connectivity index (χ1v) is 6.13. The van der Waals surface area contributed by atoms with Gasteiger partial charge in [-0.3, -0.25) is 9.59 Å². The van der Waals surface area contributed by atoms with Gasteiger partial charge >= 0.3 is 0 Å². The van der Waals surface area contributed by atoms with Crippen LogP contribution in [0.2, 0.25) is 0 Å². The molecule has 1 rings (SSSR count). The predicted octanol–water partition coefficient (Wildman–Crippen LogP) is 3.76. The molecular weight excluding hydrogens is 324 g/mol. The number of Topliss-reactive ketones (excluding diaryl/α,β-unsaturated/α-hetero) is 2. The molecule has 1 aromatic carbocycles. The second kappa shape index (κ2) is 5.56. The number of halogens is 2. The van der Waals surface area contributed by atoms with Crippen molar-refractivity contribution in [2.45, 2.75) is 19.8 Å². The molecule has 0 saturated carbocycles. The van der Waals surface area contributed by atoms with Crippen LogP contribution < -0.4 is 0 Å². The van der Waals surface area contributed by atoms with Crippen LogP contribution in [0.3, 0.4) is 0 Å². The van der Waals surface area contributed by atoms with E-state index in [4.69, 9.17) is 0 Å². The summed E-state index contributed by atoms with van der Waals surface area (Å²) < 4.78 is 1.71. The van der Waals surface area contributed by atoms with Gasteiger partial charge in [-0.25, -0.2) is 0 Å². The van der Waals surface area contributed by atoms with E-state index in [2.05, 4.69) is 31.9 Å². The quantitative estimate of drug-likeness (QED) is 0.621. The number of rotatable bonds is 4. The summed E-state index contributed by atoms with van der Waals surface area (Å²) in [7, 11) is 0. The van der Waals surface area contributed by atoms with Gasteiger partial charge in [0, 0.05) is 20.9 Å². The first-order valence-electron chi connectivity index (χ1n) is 4.54. The summed E-state index contributed by atoms with van der Waals surface area (Å²) in [6, 6.07) is 5.21. The van der Waals surface area contributed by atoms with Crippen LogP contribution in [0.15, 0.2) is 27.1 Å². The fraction of sp³-hybridized carbons (Fsp3) is 0.273. The molecule has 4 heteroatoms. The molecule has 0 bridgehead atoms. The average Bonchev–Trinajstić information content (AvgIpc) is 2.21. The monoisotopic (exact) mass is 332 g/mol. The lowest BCUT2D eigenvalue weighted by molar-refractivity contribution is -0.117. The van der Waals surface area contributed by atoms with E-state index >= 15 is 0 Å². The zero-order chi connectivity index (χ0) is 11.4. The summed E-state index contributed by atoms with van der Waals surface area (Å²) in [4.78, 5) is 22.7. The lowest BCUT2D eigenvalue weighted by Crippen LogP contribution is -2.06. The summed E-state index contributed by atoms with van der Waals surface area (Å²) in [6.45, 7) is 1.76. The first-order chi connectivity index (χ1) is 7.04. The van der Waals surface area contributed by atoms with Crippen molar-refractivity contribution in [3.63, 3.8) is 0 Å². The summed E-state index contributed by atoms with van der Waals surface area (Å²) in [5, 5.41) is 0. The zero-order valence-corrected chi connectivity index (χ0v) is 11.4. The van der Waals surface area contributed by atoms with Gasteiger partial charge in [0.25, 0.3) is 0 Å². The molecule has 80 valence electrons. The van der Waals surface area contributed by atoms with Crippen molar-refractivity contribution in [2.75, 3.05) is 0 Å². The Labute approximate surface area is 105 Å². The molecule has 0 aliphatic heterocycles. The molecule has 0 fully saturated rings. The van der Waals surface area contributed by atoms with Crippen LogP contribution in [0.25, 0.3) is 0 Å². The van der Waals surface area contributed by atoms with Crippen LogP contribution in [-0.4, -0.2) is 11.6 Å². The molecule has 15 heavy (non-hydrogen) atoms. The number of ketones is 2. The summed E-state index contributed by atoms with van der Waals surface area (Å²) >= 11 is 6.63. The molecule has 0 spiro atoms. The first kappa shape index (κ1) is 12.6. The van der Waals surface area contributed by atoms with E-state index in [-0.39, 0.29) is 18.0 Å². The Hall–Kier alpha value is -0.480. The van der Waals surface area contributed by atoms with Crippen molar-refractivity contribution < 1.29 is 9.59 Å². The van der Waals surface area contributed by atoms with Crippen LogP contribution in [0.5, 0.6) is 0 Å². The molecule has 1 aromatic rings.